The van der Waals surface area contributed by atoms with Gasteiger partial charge in [0.25, 0.3) is 11.8 Å². The van der Waals surface area contributed by atoms with E-state index in [4.69, 9.17) is 35.4 Å². The van der Waals surface area contributed by atoms with Gasteiger partial charge < -0.3 is 4.57 Å². The van der Waals surface area contributed by atoms with E-state index in [0.29, 0.717) is 16.3 Å². The molecule has 1 saturated heterocycles. The highest BCUT2D eigenvalue weighted by molar-refractivity contribution is 7.80. The van der Waals surface area contributed by atoms with Gasteiger partial charge in [-0.3, -0.25) is 19.8 Å². The maximum Gasteiger partial charge on any atom is 0.270 e. The maximum absolute atomic E-state index is 13.4. The summed E-state index contributed by atoms with van der Waals surface area (Å²) in [5, 5.41) is 14.0. The number of thiophene rings is 1. The quantitative estimate of drug-likeness (QED) is 0.243. The molecule has 2 aliphatic rings. The molecule has 1 aromatic carbocycles. The van der Waals surface area contributed by atoms with Crippen molar-refractivity contribution in [1.29, 1.82) is 5.26 Å². The van der Waals surface area contributed by atoms with Crippen LogP contribution in [0, 0.1) is 25.2 Å². The van der Waals surface area contributed by atoms with Crippen LogP contribution >= 0.6 is 46.8 Å². The zero-order valence-corrected chi connectivity index (χ0v) is 22.6. The van der Waals surface area contributed by atoms with E-state index < -0.39 is 11.8 Å². The number of hydrogen-bond donors (Lipinski definition) is 1. The van der Waals surface area contributed by atoms with Crippen LogP contribution in [0.4, 0.5) is 5.69 Å². The van der Waals surface area contributed by atoms with Gasteiger partial charge in [0.1, 0.15) is 16.6 Å². The number of carbonyl (C=O) groups excluding carboxylic acids is 2. The molecule has 1 N–H and O–H groups in total. The molecule has 0 saturated carbocycles. The van der Waals surface area contributed by atoms with Crippen molar-refractivity contribution >= 4 is 75.4 Å². The van der Waals surface area contributed by atoms with Gasteiger partial charge in [0, 0.05) is 16.3 Å². The average molecular weight is 556 g/mol. The molecule has 182 valence electrons. The Labute approximate surface area is 227 Å². The Bertz CT molecular complexity index is 1540. The predicted octanol–water partition coefficient (Wildman–Crippen LogP) is 6.04. The van der Waals surface area contributed by atoms with Crippen LogP contribution in [0.5, 0.6) is 0 Å². The Hall–Kier alpha value is -2.96. The van der Waals surface area contributed by atoms with Gasteiger partial charge in [-0.05, 0) is 93.2 Å². The first-order valence-electron chi connectivity index (χ1n) is 11.3. The summed E-state index contributed by atoms with van der Waals surface area (Å²) in [5.41, 5.74) is 4.68. The first-order valence-corrected chi connectivity index (χ1v) is 13.3. The lowest BCUT2D eigenvalue weighted by molar-refractivity contribution is -0.122. The van der Waals surface area contributed by atoms with Crippen molar-refractivity contribution in [1.82, 2.24) is 9.88 Å². The van der Waals surface area contributed by atoms with E-state index in [2.05, 4.69) is 11.4 Å². The van der Waals surface area contributed by atoms with Crippen molar-refractivity contribution in [2.75, 3.05) is 4.90 Å². The second kappa shape index (κ2) is 9.49. The fourth-order valence-electron chi connectivity index (χ4n) is 4.74. The molecule has 5 rings (SSSR count). The molecule has 0 atom stereocenters. The molecule has 36 heavy (non-hydrogen) atoms. The minimum absolute atomic E-state index is 0.0335. The molecule has 1 aliphatic heterocycles. The van der Waals surface area contributed by atoms with Crippen molar-refractivity contribution in [2.24, 2.45) is 0 Å². The summed E-state index contributed by atoms with van der Waals surface area (Å²) in [7, 11) is 0. The van der Waals surface area contributed by atoms with E-state index in [-0.39, 0.29) is 15.7 Å². The molecule has 0 spiro atoms. The van der Waals surface area contributed by atoms with Crippen LogP contribution in [0.3, 0.4) is 0 Å². The summed E-state index contributed by atoms with van der Waals surface area (Å²) in [5.74, 6) is -1.13. The molecule has 1 fully saturated rings. The van der Waals surface area contributed by atoms with E-state index in [0.717, 1.165) is 53.2 Å². The van der Waals surface area contributed by atoms with Gasteiger partial charge in [-0.1, -0.05) is 23.2 Å². The Morgan fingerprint density at radius 1 is 1.14 bits per heavy atom. The number of hydrogen-bond acceptors (Lipinski definition) is 5. The van der Waals surface area contributed by atoms with Crippen LogP contribution in [0.1, 0.15) is 45.8 Å². The average Bonchev–Trinajstić information content (AvgIpc) is 3.34. The third-order valence-corrected chi connectivity index (χ3v) is 8.80. The van der Waals surface area contributed by atoms with Crippen molar-refractivity contribution in [3.8, 4) is 11.1 Å². The van der Waals surface area contributed by atoms with E-state index in [1.807, 2.05) is 24.5 Å². The smallest absolute Gasteiger partial charge is 0.270 e. The van der Waals surface area contributed by atoms with Crippen molar-refractivity contribution < 1.29 is 9.59 Å². The fourth-order valence-corrected chi connectivity index (χ4v) is 6.77. The van der Waals surface area contributed by atoms with Gasteiger partial charge in [-0.25, -0.2) is 0 Å². The Kier molecular flexibility index (Phi) is 6.52. The number of aromatic nitrogens is 1. The zero-order valence-electron chi connectivity index (χ0n) is 19.4. The number of amides is 2. The normalized spacial score (nSPS) is 16.8. The number of thiocarbonyl (C=S) groups is 1. The summed E-state index contributed by atoms with van der Waals surface area (Å²) >= 11 is 19.1. The lowest BCUT2D eigenvalue weighted by atomic mass is 9.96. The third kappa shape index (κ3) is 4.06. The van der Waals surface area contributed by atoms with E-state index >= 15 is 0 Å². The van der Waals surface area contributed by atoms with E-state index in [9.17, 15) is 14.9 Å². The standard InChI is InChI=1S/C26H20Cl2N4O2S2/c1-13-9-15(14(2)31(13)25-19(12-29)17-5-3-4-6-22(17)36-25)10-18-23(33)30-26(35)32(24(18)34)16-7-8-20(27)21(28)11-16/h7-11H,3-6H2,1-2H3,(H,30,33,35)/b18-10+. The molecule has 1 aliphatic carbocycles. The van der Waals surface area contributed by atoms with Crippen molar-refractivity contribution in [2.45, 2.75) is 39.5 Å². The van der Waals surface area contributed by atoms with Gasteiger partial charge in [0.05, 0.1) is 21.3 Å². The van der Waals surface area contributed by atoms with Crippen LogP contribution in [-0.2, 0) is 22.4 Å². The number of aryl methyl sites for hydroxylation is 2. The molecular formula is C26H20Cl2N4O2S2. The van der Waals surface area contributed by atoms with Gasteiger partial charge in [-0.15, -0.1) is 11.3 Å². The molecule has 10 heteroatoms. The molecule has 2 amide bonds. The maximum atomic E-state index is 13.4. The summed E-state index contributed by atoms with van der Waals surface area (Å²) in [6.45, 7) is 3.88. The first kappa shape index (κ1) is 24.7. The van der Waals surface area contributed by atoms with E-state index in [1.54, 1.807) is 29.5 Å². The second-order valence-electron chi connectivity index (χ2n) is 8.72. The Morgan fingerprint density at radius 2 is 1.89 bits per heavy atom. The number of nitrogens with zero attached hydrogens (tertiary/aromatic N) is 3. The number of benzene rings is 1. The topological polar surface area (TPSA) is 78.1 Å². The zero-order chi connectivity index (χ0) is 25.7. The minimum Gasteiger partial charge on any atom is -0.308 e. The monoisotopic (exact) mass is 554 g/mol. The summed E-state index contributed by atoms with van der Waals surface area (Å²) in [4.78, 5) is 28.8. The molecule has 0 unspecified atom stereocenters. The highest BCUT2D eigenvalue weighted by Crippen LogP contribution is 2.38. The molecule has 2 aromatic heterocycles. The molecular weight excluding hydrogens is 535 g/mol. The highest BCUT2D eigenvalue weighted by atomic mass is 35.5. The van der Waals surface area contributed by atoms with Gasteiger partial charge in [0.15, 0.2) is 5.11 Å². The molecule has 3 aromatic rings. The van der Waals surface area contributed by atoms with Crippen LogP contribution < -0.4 is 10.2 Å². The highest BCUT2D eigenvalue weighted by Gasteiger charge is 2.35. The van der Waals surface area contributed by atoms with Gasteiger partial charge in [0.2, 0.25) is 0 Å². The Morgan fingerprint density at radius 3 is 2.61 bits per heavy atom. The van der Waals surface area contributed by atoms with Gasteiger partial charge >= 0.3 is 0 Å². The van der Waals surface area contributed by atoms with Crippen LogP contribution in [0.2, 0.25) is 10.0 Å². The second-order valence-corrected chi connectivity index (χ2v) is 11.0. The van der Waals surface area contributed by atoms with Crippen molar-refractivity contribution in [3.63, 3.8) is 0 Å². The molecule has 3 heterocycles. The minimum atomic E-state index is -0.574. The van der Waals surface area contributed by atoms with Crippen LogP contribution in [-0.4, -0.2) is 21.5 Å². The number of nitriles is 1. The summed E-state index contributed by atoms with van der Waals surface area (Å²) in [6.07, 6.45) is 5.71. The fraction of sp³-hybridized carbons (Fsp3) is 0.231. The number of nitrogens with one attached hydrogen (secondary N) is 1. The third-order valence-electron chi connectivity index (χ3n) is 6.50. The lowest BCUT2D eigenvalue weighted by Gasteiger charge is -2.29. The van der Waals surface area contributed by atoms with Crippen LogP contribution in [0.15, 0.2) is 29.8 Å². The van der Waals surface area contributed by atoms with E-state index in [1.165, 1.54) is 15.8 Å². The largest absolute Gasteiger partial charge is 0.308 e. The molecule has 0 bridgehead atoms. The number of halogens is 2. The summed E-state index contributed by atoms with van der Waals surface area (Å²) in [6, 6.07) is 9.03. The molecule has 0 radical (unpaired) electrons. The number of anilines is 1. The van der Waals surface area contributed by atoms with Crippen molar-refractivity contribution in [3.05, 3.63) is 72.8 Å². The predicted molar refractivity (Wildman–Crippen MR) is 147 cm³/mol. The number of carbonyl (C=O) groups is 2. The van der Waals surface area contributed by atoms with Gasteiger partial charge in [-0.2, -0.15) is 5.26 Å². The Balaban J connectivity index is 1.57. The number of rotatable bonds is 3. The summed E-state index contributed by atoms with van der Waals surface area (Å²) < 4.78 is 2.04. The van der Waals surface area contributed by atoms with Crippen LogP contribution in [0.25, 0.3) is 11.1 Å². The molecule has 6 nitrogen and oxygen atoms in total. The number of fused-ring (bicyclic) bond motifs is 1. The SMILES string of the molecule is Cc1cc(/C=C2\C(=O)NC(=S)N(c3ccc(Cl)c(Cl)c3)C2=O)c(C)n1-c1sc2c(c1C#N)CCCC2. The lowest BCUT2D eigenvalue weighted by Crippen LogP contribution is -2.54. The first-order chi connectivity index (χ1) is 17.2.